The van der Waals surface area contributed by atoms with Crippen molar-refractivity contribution in [2.75, 3.05) is 13.7 Å². The molecule has 1 aromatic rings. The van der Waals surface area contributed by atoms with E-state index in [0.29, 0.717) is 0 Å². The highest BCUT2D eigenvalue weighted by Crippen LogP contribution is 2.48. The Morgan fingerprint density at radius 1 is 0.945 bits per heavy atom. The fourth-order valence-electron chi connectivity index (χ4n) is 6.96. The second-order valence-electron chi connectivity index (χ2n) is 14.1. The molecule has 3 heterocycles. The maximum absolute atomic E-state index is 14.2. The normalized spacial score (nSPS) is 30.1. The minimum absolute atomic E-state index is 0.00221. The molecule has 0 fully saturated rings. The van der Waals surface area contributed by atoms with E-state index in [1.807, 2.05) is 0 Å². The molecule has 0 spiro atoms. The van der Waals surface area contributed by atoms with E-state index in [0.717, 1.165) is 12.3 Å². The van der Waals surface area contributed by atoms with Gasteiger partial charge in [-0.25, -0.2) is 4.79 Å². The van der Waals surface area contributed by atoms with Gasteiger partial charge in [0.15, 0.2) is 11.5 Å². The molecule has 1 aliphatic carbocycles. The molecular weight excluding hydrogens is 718 g/mol. The second kappa shape index (κ2) is 17.1. The summed E-state index contributed by atoms with van der Waals surface area (Å²) < 4.78 is 33.7. The van der Waals surface area contributed by atoms with Gasteiger partial charge in [-0.1, -0.05) is 45.9 Å². The smallest absolute Gasteiger partial charge is 0.462 e. The average molecular weight is 768 g/mol. The van der Waals surface area contributed by atoms with Crippen molar-refractivity contribution in [3.05, 3.63) is 70.2 Å². The number of fused-ring (bicyclic) bond motifs is 14. The lowest BCUT2D eigenvalue weighted by atomic mass is 9.78. The summed E-state index contributed by atoms with van der Waals surface area (Å²) in [6.45, 7) is 13.7. The number of ether oxygens (including phenoxy) is 6. The van der Waals surface area contributed by atoms with Gasteiger partial charge in [-0.05, 0) is 26.8 Å². The standard InChI is InChI=1S/C40H49NO14/c1-11-51-39(49)54-35-23(7)36-30-28-26(43)17-25(33(46)29(28)35)41-38(48)19(3)14-12-13-18(2)31(44)21(5)32(45)22(6)34(53-24(8)42)20(4)27(50-10)15-16-52-40(9,55-36)37(30)47/h12-18,20-22,27,31-32,34,44-45H,11H2,1-10H3,(H,41,48). The number of nitrogens with one attached hydrogen (secondary N) is 1. The number of methoxy groups -OCH3 is 1. The number of esters is 1. The predicted octanol–water partition coefficient (Wildman–Crippen LogP) is 4.46. The van der Waals surface area contributed by atoms with E-state index < -0.39 is 112 Å². The number of hydrogen-bond acceptors (Lipinski definition) is 14. The minimum atomic E-state index is -2.10. The number of aliphatic hydroxyl groups is 2. The van der Waals surface area contributed by atoms with Crippen molar-refractivity contribution in [3.8, 4) is 11.5 Å². The van der Waals surface area contributed by atoms with Crippen molar-refractivity contribution < 1.29 is 67.4 Å². The monoisotopic (exact) mass is 767 g/mol. The van der Waals surface area contributed by atoms with Gasteiger partial charge in [-0.2, -0.15) is 0 Å². The number of rotatable bonds is 4. The van der Waals surface area contributed by atoms with Crippen LogP contribution < -0.4 is 14.8 Å². The van der Waals surface area contributed by atoms with Crippen LogP contribution in [-0.4, -0.2) is 89.5 Å². The first kappa shape index (κ1) is 42.6. The lowest BCUT2D eigenvalue weighted by Crippen LogP contribution is -2.46. The number of ketones is 3. The van der Waals surface area contributed by atoms with Gasteiger partial charge in [-0.15, -0.1) is 0 Å². The van der Waals surface area contributed by atoms with E-state index in [4.69, 9.17) is 28.4 Å². The number of benzene rings is 1. The molecule has 4 aliphatic rings. The Morgan fingerprint density at radius 3 is 2.24 bits per heavy atom. The van der Waals surface area contributed by atoms with E-state index in [1.165, 1.54) is 60.0 Å². The van der Waals surface area contributed by atoms with Crippen LogP contribution in [0.1, 0.15) is 92.0 Å². The van der Waals surface area contributed by atoms with Gasteiger partial charge in [0, 0.05) is 61.8 Å². The highest BCUT2D eigenvalue weighted by atomic mass is 16.7. The molecule has 1 aromatic carbocycles. The molecule has 5 bridgehead atoms. The molecule has 9 atom stereocenters. The van der Waals surface area contributed by atoms with E-state index >= 15 is 0 Å². The molecule has 15 heteroatoms. The molecule has 3 aliphatic heterocycles. The van der Waals surface area contributed by atoms with Crippen LogP contribution in [-0.2, 0) is 28.5 Å². The Kier molecular flexibility index (Phi) is 13.3. The van der Waals surface area contributed by atoms with Crippen molar-refractivity contribution >= 4 is 35.4 Å². The number of carbonyl (C=O) groups excluding carboxylic acids is 6. The summed E-state index contributed by atoms with van der Waals surface area (Å²) in [5.41, 5.74) is -1.51. The molecule has 0 aromatic heterocycles. The largest absolute Gasteiger partial charge is 0.513 e. The summed E-state index contributed by atoms with van der Waals surface area (Å²) in [6.07, 6.45) is 2.91. The van der Waals surface area contributed by atoms with Crippen LogP contribution in [0.4, 0.5) is 4.79 Å². The maximum atomic E-state index is 14.2. The van der Waals surface area contributed by atoms with Crippen molar-refractivity contribution in [2.45, 2.75) is 92.5 Å². The SMILES string of the molecule is CCOC(=O)Oc1c(C)c2c3c4c1C(=O)C(=CC4=O)NC(=O)C(C)=CC=CC(C)C(O)C(C)C(O)C(C)C(OC(C)=O)C(C)C(OC)C=COC(C)(O2)C3=O. The van der Waals surface area contributed by atoms with E-state index in [1.54, 1.807) is 33.8 Å². The molecule has 15 nitrogen and oxygen atoms in total. The van der Waals surface area contributed by atoms with Gasteiger partial charge in [0.2, 0.25) is 5.78 Å². The van der Waals surface area contributed by atoms with Gasteiger partial charge in [0.25, 0.3) is 11.7 Å². The number of carbonyl (C=O) groups is 6. The number of amides is 1. The third kappa shape index (κ3) is 8.58. The summed E-state index contributed by atoms with van der Waals surface area (Å²) >= 11 is 0. The zero-order valence-corrected chi connectivity index (χ0v) is 32.6. The summed E-state index contributed by atoms with van der Waals surface area (Å²) in [4.78, 5) is 80.2. The van der Waals surface area contributed by atoms with Gasteiger partial charge in [0.05, 0.1) is 53.6 Å². The Balaban J connectivity index is 1.89. The van der Waals surface area contributed by atoms with Crippen LogP contribution in [0, 0.1) is 30.6 Å². The third-order valence-corrected chi connectivity index (χ3v) is 10.2. The second-order valence-corrected chi connectivity index (χ2v) is 14.1. The van der Waals surface area contributed by atoms with Crippen LogP contribution in [0.5, 0.6) is 11.5 Å². The molecular formula is C40H49NO14. The minimum Gasteiger partial charge on any atom is -0.462 e. The molecule has 1 amide bonds. The van der Waals surface area contributed by atoms with Gasteiger partial charge in [0.1, 0.15) is 11.9 Å². The van der Waals surface area contributed by atoms with E-state index in [-0.39, 0.29) is 29.1 Å². The molecule has 0 radical (unpaired) electrons. The molecule has 5 rings (SSSR count). The van der Waals surface area contributed by atoms with Crippen LogP contribution >= 0.6 is 0 Å². The number of Topliss-reactive ketones (excluding diaryl/α,β-unsaturated/α-hetero) is 2. The summed E-state index contributed by atoms with van der Waals surface area (Å²) in [6, 6.07) is 0. The average Bonchev–Trinajstić information content (AvgIpc) is 3.39. The zero-order valence-electron chi connectivity index (χ0n) is 32.6. The predicted molar refractivity (Wildman–Crippen MR) is 195 cm³/mol. The number of aliphatic hydroxyl groups excluding tert-OH is 2. The lowest BCUT2D eigenvalue weighted by molar-refractivity contribution is -0.160. The molecule has 9 unspecified atom stereocenters. The quantitative estimate of drug-likeness (QED) is 0.286. The fourth-order valence-corrected chi connectivity index (χ4v) is 6.96. The zero-order chi connectivity index (χ0) is 41.1. The fraction of sp³-hybridized carbons (Fsp3) is 0.500. The van der Waals surface area contributed by atoms with Crippen molar-refractivity contribution in [3.63, 3.8) is 0 Å². The summed E-state index contributed by atoms with van der Waals surface area (Å²) in [5.74, 6) is -9.23. The summed E-state index contributed by atoms with van der Waals surface area (Å²) in [7, 11) is 1.41. The number of hydrogen-bond donors (Lipinski definition) is 3. The lowest BCUT2D eigenvalue weighted by Gasteiger charge is -2.38. The van der Waals surface area contributed by atoms with Crippen molar-refractivity contribution in [1.29, 1.82) is 0 Å². The Labute approximate surface area is 319 Å². The van der Waals surface area contributed by atoms with Gasteiger partial charge >= 0.3 is 17.9 Å². The van der Waals surface area contributed by atoms with Crippen LogP contribution in [0.2, 0.25) is 0 Å². The molecule has 0 saturated heterocycles. The molecule has 55 heavy (non-hydrogen) atoms. The summed E-state index contributed by atoms with van der Waals surface area (Å²) in [5, 5.41) is 25.1. The Hall–Kier alpha value is -5.12. The Bertz CT molecular complexity index is 1870. The highest BCUT2D eigenvalue weighted by Gasteiger charge is 2.52. The van der Waals surface area contributed by atoms with Crippen molar-refractivity contribution in [2.24, 2.45) is 23.7 Å². The maximum Gasteiger partial charge on any atom is 0.513 e. The highest BCUT2D eigenvalue weighted by molar-refractivity contribution is 6.31. The number of allylic oxidation sites excluding steroid dienone is 4. The van der Waals surface area contributed by atoms with Crippen molar-refractivity contribution in [1.82, 2.24) is 5.32 Å². The van der Waals surface area contributed by atoms with Crippen LogP contribution in [0.3, 0.4) is 0 Å². The third-order valence-electron chi connectivity index (χ3n) is 10.2. The molecule has 298 valence electrons. The van der Waals surface area contributed by atoms with Gasteiger partial charge < -0.3 is 44.0 Å². The topological polar surface area (TPSA) is 210 Å². The van der Waals surface area contributed by atoms with E-state index in [9.17, 15) is 39.0 Å². The first-order valence-electron chi connectivity index (χ1n) is 18.0. The van der Waals surface area contributed by atoms with Crippen LogP contribution in [0.15, 0.2) is 47.9 Å². The Morgan fingerprint density at radius 2 is 1.62 bits per heavy atom. The van der Waals surface area contributed by atoms with Gasteiger partial charge in [-0.3, -0.25) is 24.0 Å². The first-order valence-corrected chi connectivity index (χ1v) is 18.0. The van der Waals surface area contributed by atoms with Crippen LogP contribution in [0.25, 0.3) is 0 Å². The molecule has 0 saturated carbocycles. The van der Waals surface area contributed by atoms with E-state index in [2.05, 4.69) is 5.32 Å². The molecule has 3 N–H and O–H groups in total. The first-order chi connectivity index (χ1) is 25.8.